The molecular formula is C30H26FN5O6S2. The molecule has 2 aromatic carbocycles. The van der Waals surface area contributed by atoms with Gasteiger partial charge in [0.15, 0.2) is 0 Å². The quantitative estimate of drug-likeness (QED) is 0.204. The molecule has 2 amide bonds. The summed E-state index contributed by atoms with van der Waals surface area (Å²) in [5.41, 5.74) is 2.56. The number of halogens is 1. The van der Waals surface area contributed by atoms with E-state index in [1.807, 2.05) is 0 Å². The molecule has 3 aromatic heterocycles. The largest absolute Gasteiger partial charge is 0.480 e. The summed E-state index contributed by atoms with van der Waals surface area (Å²) >= 11 is 1.40. The Kier molecular flexibility index (Phi) is 7.55. The number of methoxy groups -OCH3 is 1. The number of amides is 2. The van der Waals surface area contributed by atoms with Gasteiger partial charge in [0.2, 0.25) is 21.8 Å². The van der Waals surface area contributed by atoms with Crippen molar-refractivity contribution in [3.8, 4) is 38.9 Å². The van der Waals surface area contributed by atoms with Gasteiger partial charge in [-0.3, -0.25) is 14.3 Å². The lowest BCUT2D eigenvalue weighted by atomic mass is 9.99. The number of ether oxygens (including phenoxy) is 1. The molecule has 0 unspecified atom stereocenters. The Morgan fingerprint density at radius 1 is 1.14 bits per heavy atom. The summed E-state index contributed by atoms with van der Waals surface area (Å²) in [5.74, 6) is -0.207. The van der Waals surface area contributed by atoms with E-state index in [1.54, 1.807) is 12.1 Å². The lowest BCUT2D eigenvalue weighted by Crippen LogP contribution is -2.18. The predicted octanol–water partition coefficient (Wildman–Crippen LogP) is 5.44. The molecule has 0 saturated carbocycles. The van der Waals surface area contributed by atoms with Gasteiger partial charge >= 0.3 is 0 Å². The number of aryl methyl sites for hydroxylation is 1. The highest BCUT2D eigenvalue weighted by molar-refractivity contribution is 7.92. The number of pyridine rings is 1. The van der Waals surface area contributed by atoms with Crippen LogP contribution in [0.2, 0.25) is 0 Å². The Bertz CT molecular complexity index is 2050. The maximum absolute atomic E-state index is 13.7. The van der Waals surface area contributed by atoms with Crippen LogP contribution in [0.25, 0.3) is 44.0 Å². The lowest BCUT2D eigenvalue weighted by Gasteiger charge is -2.14. The Morgan fingerprint density at radius 2 is 1.91 bits per heavy atom. The van der Waals surface area contributed by atoms with Crippen molar-refractivity contribution in [1.82, 2.24) is 15.3 Å². The van der Waals surface area contributed by atoms with Crippen molar-refractivity contribution in [3.63, 3.8) is 0 Å². The zero-order valence-corrected chi connectivity index (χ0v) is 25.4. The molecule has 0 spiro atoms. The predicted molar refractivity (Wildman–Crippen MR) is 166 cm³/mol. The molecule has 0 saturated heterocycles. The zero-order valence-electron chi connectivity index (χ0n) is 23.8. The molecule has 14 heteroatoms. The number of benzene rings is 2. The van der Waals surface area contributed by atoms with Gasteiger partial charge in [0.25, 0.3) is 5.91 Å². The lowest BCUT2D eigenvalue weighted by molar-refractivity contribution is -0.116. The topological polar surface area (TPSA) is 153 Å². The van der Waals surface area contributed by atoms with E-state index in [4.69, 9.17) is 9.15 Å². The highest BCUT2D eigenvalue weighted by Gasteiger charge is 2.26. The number of rotatable bonds is 8. The van der Waals surface area contributed by atoms with Crippen LogP contribution in [0, 0.1) is 5.82 Å². The van der Waals surface area contributed by atoms with Crippen molar-refractivity contribution in [2.45, 2.75) is 19.8 Å². The minimum absolute atomic E-state index is 0.110. The smallest absolute Gasteiger partial charge is 0.255 e. The highest BCUT2D eigenvalue weighted by Crippen LogP contribution is 2.43. The summed E-state index contributed by atoms with van der Waals surface area (Å²) in [4.78, 5) is 35.1. The van der Waals surface area contributed by atoms with E-state index in [0.29, 0.717) is 51.3 Å². The van der Waals surface area contributed by atoms with E-state index >= 15 is 0 Å². The molecule has 0 fully saturated rings. The van der Waals surface area contributed by atoms with Crippen LogP contribution < -0.4 is 20.1 Å². The summed E-state index contributed by atoms with van der Waals surface area (Å²) in [7, 11) is -0.784. The third kappa shape index (κ3) is 5.37. The van der Waals surface area contributed by atoms with E-state index in [2.05, 4.69) is 25.3 Å². The molecule has 44 heavy (non-hydrogen) atoms. The first-order chi connectivity index (χ1) is 21.1. The second-order valence-corrected chi connectivity index (χ2v) is 13.0. The number of aromatic nitrogens is 2. The van der Waals surface area contributed by atoms with Crippen LogP contribution in [-0.2, 0) is 21.2 Å². The molecule has 1 aliphatic heterocycles. The molecule has 0 atom stereocenters. The highest BCUT2D eigenvalue weighted by atomic mass is 32.2. The van der Waals surface area contributed by atoms with Crippen molar-refractivity contribution < 1.29 is 31.6 Å². The summed E-state index contributed by atoms with van der Waals surface area (Å²) in [5, 5.41) is 6.38. The van der Waals surface area contributed by atoms with Crippen LogP contribution in [-0.4, -0.2) is 50.1 Å². The van der Waals surface area contributed by atoms with Gasteiger partial charge in [-0.1, -0.05) is 0 Å². The van der Waals surface area contributed by atoms with Crippen LogP contribution in [0.15, 0.2) is 53.1 Å². The number of carbonyl (C=O) groups excluding carboxylic acids is 2. The van der Waals surface area contributed by atoms with Gasteiger partial charge in [-0.05, 0) is 49.7 Å². The molecule has 3 N–H and O–H groups in total. The molecule has 1 aliphatic rings. The summed E-state index contributed by atoms with van der Waals surface area (Å²) < 4.78 is 53.5. The number of nitrogens with one attached hydrogen (secondary N) is 3. The number of anilines is 2. The fourth-order valence-corrected chi connectivity index (χ4v) is 6.60. The van der Waals surface area contributed by atoms with Crippen molar-refractivity contribution in [1.29, 1.82) is 0 Å². The van der Waals surface area contributed by atoms with Crippen LogP contribution in [0.5, 0.6) is 5.88 Å². The van der Waals surface area contributed by atoms with Crippen molar-refractivity contribution in [3.05, 3.63) is 64.9 Å². The van der Waals surface area contributed by atoms with Gasteiger partial charge in [0.05, 0.1) is 34.6 Å². The first-order valence-corrected chi connectivity index (χ1v) is 16.0. The Hall–Kier alpha value is -4.82. The third-order valence-corrected chi connectivity index (χ3v) is 9.59. The maximum atomic E-state index is 13.7. The van der Waals surface area contributed by atoms with Gasteiger partial charge in [0, 0.05) is 47.8 Å². The van der Waals surface area contributed by atoms with E-state index in [-0.39, 0.29) is 40.1 Å². The molecule has 0 aliphatic carbocycles. The second kappa shape index (κ2) is 11.4. The number of sulfonamides is 1. The molecule has 226 valence electrons. The Balaban J connectivity index is 1.58. The monoisotopic (exact) mass is 635 g/mol. The number of fused-ring (bicyclic) bond motifs is 2. The average molecular weight is 636 g/mol. The zero-order chi connectivity index (χ0) is 31.2. The van der Waals surface area contributed by atoms with Crippen LogP contribution in [0.4, 0.5) is 15.9 Å². The minimum Gasteiger partial charge on any atom is -0.480 e. The van der Waals surface area contributed by atoms with Gasteiger partial charge in [-0.25, -0.2) is 22.8 Å². The maximum Gasteiger partial charge on any atom is 0.255 e. The number of hydrogen-bond acceptors (Lipinski definition) is 9. The standard InChI is InChI=1S/C30H26FN5O6S2/c1-4-44(39,40)36-21-13-22-19(25(28(38)32-2)26(42-22)15-5-7-17(31)8-6-15)12-18(21)16-11-20(29(41-3)33-14-16)30-35-27-23(43-30)9-10-24(37)34-27/h5-8,11-14,36H,4,9-10H2,1-3H3,(H,32,38)(H,34,37). The molecule has 11 nitrogen and oxygen atoms in total. The molecule has 0 radical (unpaired) electrons. The summed E-state index contributed by atoms with van der Waals surface area (Å²) in [6, 6.07) is 10.4. The number of thiazole rings is 1. The van der Waals surface area contributed by atoms with Gasteiger partial charge in [-0.15, -0.1) is 11.3 Å². The molecule has 4 heterocycles. The fourth-order valence-electron chi connectivity index (χ4n) is 4.93. The number of nitrogens with zero attached hydrogens (tertiary/aromatic N) is 2. The van der Waals surface area contributed by atoms with Crippen LogP contribution in [0.1, 0.15) is 28.6 Å². The molecule has 0 bridgehead atoms. The Morgan fingerprint density at radius 3 is 2.61 bits per heavy atom. The molecule has 6 rings (SSSR count). The number of furan rings is 1. The van der Waals surface area contributed by atoms with Gasteiger partial charge in [0.1, 0.15) is 28.0 Å². The van der Waals surface area contributed by atoms with Crippen molar-refractivity contribution >= 4 is 55.6 Å². The fraction of sp³-hybridized carbons (Fsp3) is 0.200. The number of hydrogen-bond donors (Lipinski definition) is 3. The average Bonchev–Trinajstić information content (AvgIpc) is 3.61. The first kappa shape index (κ1) is 29.3. The van der Waals surface area contributed by atoms with Crippen LogP contribution in [0.3, 0.4) is 0 Å². The summed E-state index contributed by atoms with van der Waals surface area (Å²) in [6.45, 7) is 1.51. The van der Waals surface area contributed by atoms with Gasteiger partial charge < -0.3 is 19.8 Å². The van der Waals surface area contributed by atoms with E-state index in [9.17, 15) is 22.4 Å². The second-order valence-electron chi connectivity index (χ2n) is 9.91. The third-order valence-electron chi connectivity index (χ3n) is 7.15. The van der Waals surface area contributed by atoms with Crippen LogP contribution >= 0.6 is 11.3 Å². The van der Waals surface area contributed by atoms with E-state index in [1.165, 1.54) is 68.9 Å². The van der Waals surface area contributed by atoms with Crippen molar-refractivity contribution in [2.75, 3.05) is 29.9 Å². The van der Waals surface area contributed by atoms with Gasteiger partial charge in [-0.2, -0.15) is 0 Å². The van der Waals surface area contributed by atoms with Crippen molar-refractivity contribution in [2.24, 2.45) is 0 Å². The normalized spacial score (nSPS) is 13.0. The molecular weight excluding hydrogens is 609 g/mol. The summed E-state index contributed by atoms with van der Waals surface area (Å²) in [6.07, 6.45) is 2.46. The SMILES string of the molecule is CCS(=O)(=O)Nc1cc2oc(-c3ccc(F)cc3)c(C(=O)NC)c2cc1-c1cnc(OC)c(-c2nc3c(s2)CCC(=O)N3)c1. The molecule has 5 aromatic rings. The minimum atomic E-state index is -3.74. The first-order valence-electron chi connectivity index (χ1n) is 13.5. The van der Waals surface area contributed by atoms with E-state index in [0.717, 1.165) is 4.88 Å². The Labute approximate surface area is 255 Å². The number of carbonyl (C=O) groups is 2. The van der Waals surface area contributed by atoms with E-state index < -0.39 is 21.7 Å².